The molecule has 0 radical (unpaired) electrons. The van der Waals surface area contributed by atoms with Gasteiger partial charge in [-0.25, -0.2) is 4.98 Å². The minimum Gasteiger partial charge on any atom is -0.439 e. The zero-order valence-electron chi connectivity index (χ0n) is 10.7. The number of benzene rings is 1. The van der Waals surface area contributed by atoms with Gasteiger partial charge >= 0.3 is 0 Å². The monoisotopic (exact) mass is 245 g/mol. The van der Waals surface area contributed by atoms with Crippen molar-refractivity contribution in [3.63, 3.8) is 0 Å². The first-order valence-electron chi connectivity index (χ1n) is 6.65. The fraction of sp³-hybridized carbons (Fsp3) is 0.500. The van der Waals surface area contributed by atoms with Crippen LogP contribution in [-0.2, 0) is 6.54 Å². The molecular weight excluding hydrogens is 226 g/mol. The van der Waals surface area contributed by atoms with Gasteiger partial charge < -0.3 is 10.2 Å². The number of nitrogens with two attached hydrogens (primary N) is 1. The highest BCUT2D eigenvalue weighted by Gasteiger charge is 2.24. The summed E-state index contributed by atoms with van der Waals surface area (Å²) >= 11 is 0. The molecule has 1 unspecified atom stereocenters. The quantitative estimate of drug-likeness (QED) is 0.845. The van der Waals surface area contributed by atoms with Crippen molar-refractivity contribution in [1.29, 1.82) is 0 Å². The van der Waals surface area contributed by atoms with Crippen LogP contribution in [0.5, 0.6) is 0 Å². The summed E-state index contributed by atoms with van der Waals surface area (Å²) in [6.45, 7) is 4.21. The lowest BCUT2D eigenvalue weighted by molar-refractivity contribution is 0.219. The Hall–Kier alpha value is -1.55. The largest absolute Gasteiger partial charge is 0.439 e. The number of hydrogen-bond acceptors (Lipinski definition) is 4. The molecule has 4 nitrogen and oxygen atoms in total. The van der Waals surface area contributed by atoms with Crippen LogP contribution in [0, 0.1) is 0 Å². The van der Waals surface area contributed by atoms with Gasteiger partial charge in [0, 0.05) is 17.8 Å². The molecule has 1 aliphatic heterocycles. The van der Waals surface area contributed by atoms with Crippen molar-refractivity contribution >= 4 is 16.8 Å². The van der Waals surface area contributed by atoms with Gasteiger partial charge in [-0.3, -0.25) is 4.90 Å². The molecule has 0 aliphatic carbocycles. The average Bonchev–Trinajstić information content (AvgIpc) is 2.94. The van der Waals surface area contributed by atoms with Crippen molar-refractivity contribution in [1.82, 2.24) is 9.88 Å². The molecule has 2 heterocycles. The number of hydrogen-bond donors (Lipinski definition) is 1. The summed E-state index contributed by atoms with van der Waals surface area (Å²) in [5.74, 6) is 0.802. The first kappa shape index (κ1) is 11.5. The lowest BCUT2D eigenvalue weighted by Gasteiger charge is -2.21. The minimum atomic E-state index is 0.685. The number of nitrogen functional groups attached to an aromatic ring is 1. The van der Waals surface area contributed by atoms with Gasteiger partial charge in [0.25, 0.3) is 0 Å². The molecule has 1 aromatic heterocycles. The predicted molar refractivity (Wildman–Crippen MR) is 72.1 cm³/mol. The molecule has 0 amide bonds. The molecule has 1 saturated heterocycles. The number of anilines is 1. The Bertz CT molecular complexity index is 549. The predicted octanol–water partition coefficient (Wildman–Crippen LogP) is 2.78. The van der Waals surface area contributed by atoms with Crippen LogP contribution in [0.3, 0.4) is 0 Å². The normalized spacial score (nSPS) is 20.8. The molecular formula is C14H19N3O. The van der Waals surface area contributed by atoms with E-state index in [0.717, 1.165) is 35.8 Å². The number of rotatable bonds is 3. The SMILES string of the molecule is CCC1CCCN1Cc1nc2ccc(N)cc2o1. The van der Waals surface area contributed by atoms with Crippen LogP contribution >= 0.6 is 0 Å². The average molecular weight is 245 g/mol. The summed E-state index contributed by atoms with van der Waals surface area (Å²) in [4.78, 5) is 6.99. The highest BCUT2D eigenvalue weighted by atomic mass is 16.3. The van der Waals surface area contributed by atoms with E-state index in [2.05, 4.69) is 16.8 Å². The van der Waals surface area contributed by atoms with Crippen molar-refractivity contribution in [3.05, 3.63) is 24.1 Å². The van der Waals surface area contributed by atoms with Gasteiger partial charge in [0.2, 0.25) is 5.89 Å². The summed E-state index contributed by atoms with van der Waals surface area (Å²) < 4.78 is 5.77. The standard InChI is InChI=1S/C14H19N3O/c1-2-11-4-3-7-17(11)9-14-16-12-6-5-10(15)8-13(12)18-14/h5-6,8,11H,2-4,7,9,15H2,1H3. The van der Waals surface area contributed by atoms with Crippen molar-refractivity contribution < 1.29 is 4.42 Å². The van der Waals surface area contributed by atoms with Gasteiger partial charge in [-0.1, -0.05) is 6.92 Å². The van der Waals surface area contributed by atoms with Gasteiger partial charge in [-0.15, -0.1) is 0 Å². The fourth-order valence-electron chi connectivity index (χ4n) is 2.80. The van der Waals surface area contributed by atoms with Crippen LogP contribution in [-0.4, -0.2) is 22.5 Å². The minimum absolute atomic E-state index is 0.685. The molecule has 0 saturated carbocycles. The van der Waals surface area contributed by atoms with Gasteiger partial charge in [-0.05, 0) is 37.9 Å². The molecule has 3 rings (SSSR count). The molecule has 2 aromatic rings. The van der Waals surface area contributed by atoms with E-state index in [4.69, 9.17) is 10.2 Å². The topological polar surface area (TPSA) is 55.3 Å². The maximum absolute atomic E-state index is 5.77. The highest BCUT2D eigenvalue weighted by molar-refractivity contribution is 5.76. The van der Waals surface area contributed by atoms with E-state index in [9.17, 15) is 0 Å². The van der Waals surface area contributed by atoms with Crippen LogP contribution < -0.4 is 5.73 Å². The summed E-state index contributed by atoms with van der Waals surface area (Å²) in [6, 6.07) is 6.30. The Balaban J connectivity index is 1.82. The van der Waals surface area contributed by atoms with E-state index in [1.54, 1.807) is 0 Å². The molecule has 0 spiro atoms. The van der Waals surface area contributed by atoms with Crippen LogP contribution in [0.4, 0.5) is 5.69 Å². The third kappa shape index (κ3) is 2.08. The molecule has 1 aromatic carbocycles. The van der Waals surface area contributed by atoms with Crippen molar-refractivity contribution in [2.45, 2.75) is 38.8 Å². The second-order valence-electron chi connectivity index (χ2n) is 5.01. The van der Waals surface area contributed by atoms with Crippen LogP contribution in [0.2, 0.25) is 0 Å². The highest BCUT2D eigenvalue weighted by Crippen LogP contribution is 2.24. The number of oxazole rings is 1. The first-order chi connectivity index (χ1) is 8.76. The Morgan fingerprint density at radius 3 is 3.22 bits per heavy atom. The van der Waals surface area contributed by atoms with Gasteiger partial charge in [0.15, 0.2) is 5.58 Å². The maximum atomic E-state index is 5.77. The van der Waals surface area contributed by atoms with Gasteiger partial charge in [0.1, 0.15) is 5.52 Å². The molecule has 1 fully saturated rings. The number of likely N-dealkylation sites (tertiary alicyclic amines) is 1. The smallest absolute Gasteiger partial charge is 0.209 e. The van der Waals surface area contributed by atoms with E-state index in [1.165, 1.54) is 19.3 Å². The van der Waals surface area contributed by atoms with Crippen LogP contribution in [0.25, 0.3) is 11.1 Å². The number of fused-ring (bicyclic) bond motifs is 1. The van der Waals surface area contributed by atoms with Gasteiger partial charge in [0.05, 0.1) is 6.54 Å². The van der Waals surface area contributed by atoms with Crippen molar-refractivity contribution in [2.24, 2.45) is 0 Å². The Morgan fingerprint density at radius 1 is 1.50 bits per heavy atom. The molecule has 4 heteroatoms. The van der Waals surface area contributed by atoms with E-state index < -0.39 is 0 Å². The van der Waals surface area contributed by atoms with E-state index in [1.807, 2.05) is 18.2 Å². The fourth-order valence-corrected chi connectivity index (χ4v) is 2.80. The molecule has 0 bridgehead atoms. The van der Waals surface area contributed by atoms with Crippen LogP contribution in [0.1, 0.15) is 32.1 Å². The zero-order valence-corrected chi connectivity index (χ0v) is 10.7. The lowest BCUT2D eigenvalue weighted by atomic mass is 10.2. The van der Waals surface area contributed by atoms with E-state index in [-0.39, 0.29) is 0 Å². The maximum Gasteiger partial charge on any atom is 0.209 e. The molecule has 18 heavy (non-hydrogen) atoms. The summed E-state index contributed by atoms with van der Waals surface area (Å²) in [6.07, 6.45) is 3.78. The second-order valence-corrected chi connectivity index (χ2v) is 5.01. The molecule has 1 aliphatic rings. The first-order valence-corrected chi connectivity index (χ1v) is 6.65. The lowest BCUT2D eigenvalue weighted by Crippen LogP contribution is -2.28. The number of nitrogens with zero attached hydrogens (tertiary/aromatic N) is 2. The Morgan fingerprint density at radius 2 is 2.39 bits per heavy atom. The molecule has 1 atom stereocenters. The summed E-state index contributed by atoms with van der Waals surface area (Å²) in [5, 5.41) is 0. The number of aromatic nitrogens is 1. The van der Waals surface area contributed by atoms with Crippen molar-refractivity contribution in [2.75, 3.05) is 12.3 Å². The van der Waals surface area contributed by atoms with E-state index >= 15 is 0 Å². The molecule has 96 valence electrons. The molecule has 2 N–H and O–H groups in total. The summed E-state index contributed by atoms with van der Waals surface area (Å²) in [5.41, 5.74) is 8.15. The second kappa shape index (κ2) is 4.61. The third-order valence-electron chi connectivity index (χ3n) is 3.77. The Kier molecular flexibility index (Phi) is 2.96. The Labute approximate surface area is 107 Å². The van der Waals surface area contributed by atoms with Gasteiger partial charge in [-0.2, -0.15) is 0 Å². The van der Waals surface area contributed by atoms with Crippen LogP contribution in [0.15, 0.2) is 22.6 Å². The third-order valence-corrected chi connectivity index (χ3v) is 3.77. The van der Waals surface area contributed by atoms with E-state index in [0.29, 0.717) is 6.04 Å². The zero-order chi connectivity index (χ0) is 12.5. The van der Waals surface area contributed by atoms with Crippen molar-refractivity contribution in [3.8, 4) is 0 Å². The summed E-state index contributed by atoms with van der Waals surface area (Å²) in [7, 11) is 0.